The SMILES string of the molecule is CC(O)c1cn(CC2CCCC(F)(F)C2)nn1. The number of nitrogens with zero attached hydrogens (tertiary/aromatic N) is 3. The van der Waals surface area contributed by atoms with Crippen molar-refractivity contribution in [2.45, 2.75) is 51.2 Å². The highest BCUT2D eigenvalue weighted by molar-refractivity contribution is 4.95. The van der Waals surface area contributed by atoms with E-state index in [9.17, 15) is 13.9 Å². The molecule has 0 bridgehead atoms. The van der Waals surface area contributed by atoms with Crippen LogP contribution in [0.5, 0.6) is 0 Å². The van der Waals surface area contributed by atoms with E-state index in [0.29, 0.717) is 18.7 Å². The number of rotatable bonds is 3. The van der Waals surface area contributed by atoms with Gasteiger partial charge in [-0.1, -0.05) is 5.21 Å². The van der Waals surface area contributed by atoms with Crippen molar-refractivity contribution in [1.82, 2.24) is 15.0 Å². The topological polar surface area (TPSA) is 50.9 Å². The van der Waals surface area contributed by atoms with E-state index in [1.807, 2.05) is 0 Å². The predicted molar refractivity (Wildman–Crippen MR) is 57.6 cm³/mol. The van der Waals surface area contributed by atoms with Crippen molar-refractivity contribution in [1.29, 1.82) is 0 Å². The van der Waals surface area contributed by atoms with Crippen molar-refractivity contribution in [3.05, 3.63) is 11.9 Å². The predicted octanol–water partition coefficient (Wildman–Crippen LogP) is 2.16. The molecule has 0 radical (unpaired) electrons. The van der Waals surface area contributed by atoms with Gasteiger partial charge in [0.05, 0.1) is 12.3 Å². The lowest BCUT2D eigenvalue weighted by Crippen LogP contribution is -2.28. The van der Waals surface area contributed by atoms with Gasteiger partial charge in [-0.15, -0.1) is 5.10 Å². The smallest absolute Gasteiger partial charge is 0.248 e. The number of aromatic nitrogens is 3. The van der Waals surface area contributed by atoms with Gasteiger partial charge in [0.2, 0.25) is 5.92 Å². The van der Waals surface area contributed by atoms with E-state index >= 15 is 0 Å². The molecule has 1 aromatic heterocycles. The van der Waals surface area contributed by atoms with Crippen molar-refractivity contribution in [2.24, 2.45) is 5.92 Å². The van der Waals surface area contributed by atoms with Gasteiger partial charge < -0.3 is 5.11 Å². The maximum Gasteiger partial charge on any atom is 0.248 e. The van der Waals surface area contributed by atoms with Crippen LogP contribution in [0, 0.1) is 5.92 Å². The zero-order valence-electron chi connectivity index (χ0n) is 9.81. The Morgan fingerprint density at radius 2 is 2.41 bits per heavy atom. The van der Waals surface area contributed by atoms with Gasteiger partial charge >= 0.3 is 0 Å². The van der Waals surface area contributed by atoms with Crippen molar-refractivity contribution >= 4 is 0 Å². The molecule has 1 saturated carbocycles. The quantitative estimate of drug-likeness (QED) is 0.887. The molecular formula is C11H17F2N3O. The fraction of sp³-hybridized carbons (Fsp3) is 0.818. The minimum atomic E-state index is -2.53. The van der Waals surface area contributed by atoms with Gasteiger partial charge in [-0.3, -0.25) is 4.68 Å². The van der Waals surface area contributed by atoms with Crippen LogP contribution in [0.2, 0.25) is 0 Å². The Hall–Kier alpha value is -1.04. The van der Waals surface area contributed by atoms with Crippen molar-refractivity contribution in [3.8, 4) is 0 Å². The molecule has 96 valence electrons. The van der Waals surface area contributed by atoms with E-state index in [0.717, 1.165) is 6.42 Å². The third-order valence-electron chi connectivity index (χ3n) is 3.17. The molecule has 4 nitrogen and oxygen atoms in total. The third kappa shape index (κ3) is 3.21. The number of aliphatic hydroxyl groups excluding tert-OH is 1. The molecule has 1 heterocycles. The Morgan fingerprint density at radius 1 is 1.65 bits per heavy atom. The van der Waals surface area contributed by atoms with E-state index in [4.69, 9.17) is 0 Å². The van der Waals surface area contributed by atoms with Crippen LogP contribution in [0.25, 0.3) is 0 Å². The Morgan fingerprint density at radius 3 is 3.00 bits per heavy atom. The minimum Gasteiger partial charge on any atom is -0.387 e. The molecule has 2 rings (SSSR count). The molecule has 1 fully saturated rings. The number of aliphatic hydroxyl groups is 1. The van der Waals surface area contributed by atoms with Crippen molar-refractivity contribution < 1.29 is 13.9 Å². The maximum absolute atomic E-state index is 13.2. The number of alkyl halides is 2. The third-order valence-corrected chi connectivity index (χ3v) is 3.17. The van der Waals surface area contributed by atoms with Crippen molar-refractivity contribution in [3.63, 3.8) is 0 Å². The maximum atomic E-state index is 13.2. The van der Waals surface area contributed by atoms with Gasteiger partial charge in [0.25, 0.3) is 0 Å². The lowest BCUT2D eigenvalue weighted by atomic mass is 9.86. The molecule has 0 amide bonds. The Balaban J connectivity index is 1.95. The second-order valence-electron chi connectivity index (χ2n) is 4.86. The minimum absolute atomic E-state index is 0.000217. The van der Waals surface area contributed by atoms with Crippen LogP contribution in [0.3, 0.4) is 0 Å². The van der Waals surface area contributed by atoms with E-state index in [1.165, 1.54) is 0 Å². The molecule has 1 N–H and O–H groups in total. The van der Waals surface area contributed by atoms with Crippen LogP contribution in [-0.4, -0.2) is 26.0 Å². The Bertz CT molecular complexity index is 379. The first-order chi connectivity index (χ1) is 7.96. The summed E-state index contributed by atoms with van der Waals surface area (Å²) in [7, 11) is 0. The highest BCUT2D eigenvalue weighted by atomic mass is 19.3. The molecule has 0 spiro atoms. The van der Waals surface area contributed by atoms with Crippen LogP contribution >= 0.6 is 0 Å². The van der Waals surface area contributed by atoms with E-state index in [2.05, 4.69) is 10.3 Å². The molecule has 1 aliphatic carbocycles. The molecule has 0 saturated heterocycles. The fourth-order valence-electron chi connectivity index (χ4n) is 2.29. The van der Waals surface area contributed by atoms with Crippen LogP contribution < -0.4 is 0 Å². The summed E-state index contributed by atoms with van der Waals surface area (Å²) in [6, 6.07) is 0. The molecule has 2 unspecified atom stereocenters. The van der Waals surface area contributed by atoms with Crippen LogP contribution in [0.1, 0.15) is 44.4 Å². The lowest BCUT2D eigenvalue weighted by Gasteiger charge is -2.28. The second kappa shape index (κ2) is 4.68. The summed E-state index contributed by atoms with van der Waals surface area (Å²) in [6.45, 7) is 2.05. The van der Waals surface area contributed by atoms with Gasteiger partial charge in [-0.2, -0.15) is 0 Å². The van der Waals surface area contributed by atoms with Gasteiger partial charge in [-0.25, -0.2) is 8.78 Å². The van der Waals surface area contributed by atoms with Crippen LogP contribution in [0.4, 0.5) is 8.78 Å². The van der Waals surface area contributed by atoms with E-state index in [-0.39, 0.29) is 18.8 Å². The zero-order chi connectivity index (χ0) is 12.5. The second-order valence-corrected chi connectivity index (χ2v) is 4.86. The Labute approximate surface area is 98.6 Å². The molecule has 1 aromatic rings. The first-order valence-corrected chi connectivity index (χ1v) is 5.92. The number of halogens is 2. The molecule has 1 aliphatic rings. The normalized spacial score (nSPS) is 25.8. The van der Waals surface area contributed by atoms with Crippen LogP contribution in [-0.2, 0) is 6.54 Å². The molecule has 6 heteroatoms. The summed E-state index contributed by atoms with van der Waals surface area (Å²) < 4.78 is 28.0. The molecule has 0 aromatic carbocycles. The van der Waals surface area contributed by atoms with Gasteiger partial charge in [-0.05, 0) is 25.7 Å². The summed E-state index contributed by atoms with van der Waals surface area (Å²) in [4.78, 5) is 0. The lowest BCUT2D eigenvalue weighted by molar-refractivity contribution is -0.0552. The van der Waals surface area contributed by atoms with Crippen molar-refractivity contribution in [2.75, 3.05) is 0 Å². The average molecular weight is 245 g/mol. The molecule has 0 aliphatic heterocycles. The first kappa shape index (κ1) is 12.4. The average Bonchev–Trinajstić information content (AvgIpc) is 2.64. The molecule has 2 atom stereocenters. The molecule has 17 heavy (non-hydrogen) atoms. The summed E-state index contributed by atoms with van der Waals surface area (Å²) >= 11 is 0. The van der Waals surface area contributed by atoms with Gasteiger partial charge in [0.15, 0.2) is 0 Å². The van der Waals surface area contributed by atoms with Crippen LogP contribution in [0.15, 0.2) is 6.20 Å². The van der Waals surface area contributed by atoms with E-state index < -0.39 is 12.0 Å². The summed E-state index contributed by atoms with van der Waals surface area (Å²) in [5.41, 5.74) is 0.479. The summed E-state index contributed by atoms with van der Waals surface area (Å²) in [5.74, 6) is -2.58. The standard InChI is InChI=1S/C11H17F2N3O/c1-8(17)10-7-16(15-14-10)6-9-3-2-4-11(12,13)5-9/h7-9,17H,2-6H2,1H3. The van der Waals surface area contributed by atoms with E-state index in [1.54, 1.807) is 17.8 Å². The number of hydrogen-bond acceptors (Lipinski definition) is 3. The summed E-state index contributed by atoms with van der Waals surface area (Å²) in [6.07, 6.45) is 2.25. The highest BCUT2D eigenvalue weighted by Crippen LogP contribution is 2.37. The van der Waals surface area contributed by atoms with Gasteiger partial charge in [0.1, 0.15) is 5.69 Å². The largest absolute Gasteiger partial charge is 0.387 e. The first-order valence-electron chi connectivity index (χ1n) is 5.92. The Kier molecular flexibility index (Phi) is 3.42. The monoisotopic (exact) mass is 245 g/mol. The van der Waals surface area contributed by atoms with Gasteiger partial charge in [0, 0.05) is 19.4 Å². The highest BCUT2D eigenvalue weighted by Gasteiger charge is 2.36. The molecular weight excluding hydrogens is 228 g/mol. The fourth-order valence-corrected chi connectivity index (χ4v) is 2.29. The summed E-state index contributed by atoms with van der Waals surface area (Å²) in [5, 5.41) is 16.9. The number of hydrogen-bond donors (Lipinski definition) is 1. The zero-order valence-corrected chi connectivity index (χ0v) is 9.81.